The molecule has 0 saturated heterocycles. The molecule has 7 aromatic rings. The summed E-state index contributed by atoms with van der Waals surface area (Å²) in [5.41, 5.74) is 11.4. The van der Waals surface area contributed by atoms with E-state index in [-0.39, 0.29) is 0 Å². The first-order valence-electron chi connectivity index (χ1n) is 18.7. The Hall–Kier alpha value is -6.85. The van der Waals surface area contributed by atoms with Crippen molar-refractivity contribution in [2.24, 2.45) is 0 Å². The van der Waals surface area contributed by atoms with E-state index in [1.165, 1.54) is 38.4 Å². The molecule has 0 saturated carbocycles. The highest BCUT2D eigenvalue weighted by Gasteiger charge is 2.29. The molecule has 256 valence electrons. The van der Waals surface area contributed by atoms with Crippen molar-refractivity contribution in [3.05, 3.63) is 186 Å². The van der Waals surface area contributed by atoms with Gasteiger partial charge in [0.05, 0.1) is 11.4 Å². The van der Waals surface area contributed by atoms with E-state index >= 15 is 0 Å². The van der Waals surface area contributed by atoms with Gasteiger partial charge in [0.2, 0.25) is 0 Å². The minimum atomic E-state index is 0.630. The molecule has 4 aliphatic rings. The van der Waals surface area contributed by atoms with Gasteiger partial charge in [0.15, 0.2) is 29.0 Å². The fourth-order valence-electron chi connectivity index (χ4n) is 8.40. The zero-order valence-corrected chi connectivity index (χ0v) is 29.5. The van der Waals surface area contributed by atoms with E-state index in [0.717, 1.165) is 76.3 Å². The smallest absolute Gasteiger partial charge is 0.164 e. The van der Waals surface area contributed by atoms with Crippen LogP contribution in [-0.2, 0) is 6.42 Å². The van der Waals surface area contributed by atoms with Gasteiger partial charge in [-0.1, -0.05) is 121 Å². The monoisotopic (exact) mass is 694 g/mol. The van der Waals surface area contributed by atoms with Gasteiger partial charge in [-0.15, -0.1) is 0 Å². The van der Waals surface area contributed by atoms with Crippen molar-refractivity contribution in [2.75, 3.05) is 4.90 Å². The summed E-state index contributed by atoms with van der Waals surface area (Å²) in [5, 5.41) is 4.67. The number of aromatic nitrogens is 3. The van der Waals surface area contributed by atoms with E-state index in [2.05, 4.69) is 144 Å². The number of anilines is 2. The summed E-state index contributed by atoms with van der Waals surface area (Å²) in [4.78, 5) is 17.7. The summed E-state index contributed by atoms with van der Waals surface area (Å²) in [7, 11) is 0. The SMILES string of the molecule is C1=CC2=C(C=CC1)N(c1cccc(-c3nc(-c4ccccc4)nc(-c4ccc5c(c4)CC4=C5C=CCC4)n3)c1)c1ccc3c(ccc4ccccc43)c1O2. The molecule has 0 amide bonds. The lowest BCUT2D eigenvalue weighted by molar-refractivity contribution is 0.436. The number of nitrogens with zero attached hydrogens (tertiary/aromatic N) is 4. The van der Waals surface area contributed by atoms with Crippen LogP contribution >= 0.6 is 0 Å². The third-order valence-electron chi connectivity index (χ3n) is 11.0. The van der Waals surface area contributed by atoms with E-state index < -0.39 is 0 Å². The second kappa shape index (κ2) is 12.4. The highest BCUT2D eigenvalue weighted by atomic mass is 16.5. The number of rotatable bonds is 4. The molecule has 0 radical (unpaired) electrons. The van der Waals surface area contributed by atoms with Gasteiger partial charge in [-0.2, -0.15) is 0 Å². The fourth-order valence-corrected chi connectivity index (χ4v) is 8.40. The topological polar surface area (TPSA) is 51.1 Å². The Balaban J connectivity index is 1.06. The maximum Gasteiger partial charge on any atom is 0.164 e. The van der Waals surface area contributed by atoms with Gasteiger partial charge < -0.3 is 9.64 Å². The van der Waals surface area contributed by atoms with Gasteiger partial charge in [-0.25, -0.2) is 15.0 Å². The molecule has 1 aliphatic heterocycles. The third kappa shape index (κ3) is 5.04. The van der Waals surface area contributed by atoms with Crippen LogP contribution in [0.15, 0.2) is 175 Å². The molecule has 11 rings (SSSR count). The molecule has 2 heterocycles. The Bertz CT molecular complexity index is 2860. The van der Waals surface area contributed by atoms with E-state index in [1.807, 2.05) is 18.2 Å². The molecule has 54 heavy (non-hydrogen) atoms. The molecule has 0 bridgehead atoms. The van der Waals surface area contributed by atoms with Crippen molar-refractivity contribution in [1.82, 2.24) is 15.0 Å². The van der Waals surface area contributed by atoms with Crippen molar-refractivity contribution in [2.45, 2.75) is 25.7 Å². The Morgan fingerprint density at radius 2 is 1.35 bits per heavy atom. The summed E-state index contributed by atoms with van der Waals surface area (Å²) in [6, 6.07) is 42.7. The summed E-state index contributed by atoms with van der Waals surface area (Å²) in [6.45, 7) is 0. The van der Waals surface area contributed by atoms with Crippen molar-refractivity contribution >= 4 is 38.5 Å². The minimum Gasteiger partial charge on any atom is -0.452 e. The predicted molar refractivity (Wildman–Crippen MR) is 219 cm³/mol. The Morgan fingerprint density at radius 1 is 0.574 bits per heavy atom. The van der Waals surface area contributed by atoms with Crippen LogP contribution in [0.1, 0.15) is 30.4 Å². The Kier molecular flexibility index (Phi) is 7.05. The average molecular weight is 695 g/mol. The van der Waals surface area contributed by atoms with Gasteiger partial charge in [0, 0.05) is 27.8 Å². The zero-order chi connectivity index (χ0) is 35.6. The summed E-state index contributed by atoms with van der Waals surface area (Å²) >= 11 is 0. The minimum absolute atomic E-state index is 0.630. The van der Waals surface area contributed by atoms with Crippen molar-refractivity contribution < 1.29 is 4.74 Å². The molecule has 3 aliphatic carbocycles. The molecule has 1 aromatic heterocycles. The van der Waals surface area contributed by atoms with Gasteiger partial charge in [-0.05, 0) is 101 Å². The predicted octanol–water partition coefficient (Wildman–Crippen LogP) is 12.1. The molecule has 0 spiro atoms. The maximum absolute atomic E-state index is 6.80. The van der Waals surface area contributed by atoms with Crippen molar-refractivity contribution in [1.29, 1.82) is 0 Å². The zero-order valence-electron chi connectivity index (χ0n) is 29.5. The molecule has 0 unspecified atom stereocenters. The number of hydrogen-bond acceptors (Lipinski definition) is 5. The average Bonchev–Trinajstić information content (AvgIpc) is 3.44. The Morgan fingerprint density at radius 3 is 2.26 bits per heavy atom. The lowest BCUT2D eigenvalue weighted by Gasteiger charge is -2.34. The van der Waals surface area contributed by atoms with Gasteiger partial charge in [-0.3, -0.25) is 0 Å². The van der Waals surface area contributed by atoms with Crippen molar-refractivity contribution in [3.63, 3.8) is 0 Å². The van der Waals surface area contributed by atoms with Crippen LogP contribution in [0.2, 0.25) is 0 Å². The first-order valence-corrected chi connectivity index (χ1v) is 18.7. The number of hydrogen-bond donors (Lipinski definition) is 0. The normalized spacial score (nSPS) is 15.6. The highest BCUT2D eigenvalue weighted by Crippen LogP contribution is 2.49. The number of fused-ring (bicyclic) bond motifs is 7. The quantitative estimate of drug-likeness (QED) is 0.172. The maximum atomic E-state index is 6.80. The van der Waals surface area contributed by atoms with E-state index in [0.29, 0.717) is 17.5 Å². The van der Waals surface area contributed by atoms with Crippen molar-refractivity contribution in [3.8, 4) is 39.9 Å². The van der Waals surface area contributed by atoms with Crippen LogP contribution in [0.3, 0.4) is 0 Å². The summed E-state index contributed by atoms with van der Waals surface area (Å²) in [5.74, 6) is 3.62. The molecule has 5 nitrogen and oxygen atoms in total. The van der Waals surface area contributed by atoms with Gasteiger partial charge >= 0.3 is 0 Å². The number of benzene rings is 6. The Labute approximate surface area is 313 Å². The van der Waals surface area contributed by atoms with E-state index in [4.69, 9.17) is 19.7 Å². The van der Waals surface area contributed by atoms with E-state index in [1.54, 1.807) is 0 Å². The molecule has 5 heteroatoms. The summed E-state index contributed by atoms with van der Waals surface area (Å²) in [6.07, 6.45) is 17.3. The third-order valence-corrected chi connectivity index (χ3v) is 11.0. The molecular formula is C49H34N4O. The second-order valence-electron chi connectivity index (χ2n) is 14.3. The number of allylic oxidation sites excluding steroid dienone is 8. The first kappa shape index (κ1) is 30.7. The lowest BCUT2D eigenvalue weighted by Crippen LogP contribution is -2.23. The van der Waals surface area contributed by atoms with Crippen LogP contribution in [-0.4, -0.2) is 15.0 Å². The highest BCUT2D eigenvalue weighted by molar-refractivity contribution is 6.11. The molecule has 6 aromatic carbocycles. The molecule has 0 N–H and O–H groups in total. The standard InChI is InChI=1S/C49H34N4O/c1-3-13-32(14-4-1)47-50-48(52-49(51-47)35-23-24-40-36(29-35)28-33-15-8-10-19-39(33)40)34-16-11-17-37(30-34)53-43-20-5-2-6-21-45(43)54-46-42-25-22-31-12-7-9-18-38(31)41(42)26-27-44(46)53/h1,3-7,9-14,16-27,29-30H,2,8,15,28H2. The van der Waals surface area contributed by atoms with Crippen LogP contribution in [0, 0.1) is 0 Å². The molecule has 0 fully saturated rings. The lowest BCUT2D eigenvalue weighted by atomic mass is 9.98. The number of ether oxygens (including phenoxy) is 1. The van der Waals surface area contributed by atoms with Gasteiger partial charge in [0.25, 0.3) is 0 Å². The van der Waals surface area contributed by atoms with Gasteiger partial charge in [0.1, 0.15) is 0 Å². The van der Waals surface area contributed by atoms with Crippen LogP contribution < -0.4 is 9.64 Å². The fraction of sp³-hybridized carbons (Fsp3) is 0.0816. The molecular weight excluding hydrogens is 661 g/mol. The van der Waals surface area contributed by atoms with Crippen LogP contribution in [0.5, 0.6) is 5.75 Å². The van der Waals surface area contributed by atoms with Crippen LogP contribution in [0.25, 0.3) is 61.3 Å². The molecule has 0 atom stereocenters. The van der Waals surface area contributed by atoms with E-state index in [9.17, 15) is 0 Å². The summed E-state index contributed by atoms with van der Waals surface area (Å²) < 4.78 is 6.80. The second-order valence-corrected chi connectivity index (χ2v) is 14.3. The van der Waals surface area contributed by atoms with Crippen LogP contribution in [0.4, 0.5) is 11.4 Å². The largest absolute Gasteiger partial charge is 0.452 e. The first-order chi connectivity index (χ1) is 26.7.